The van der Waals surface area contributed by atoms with Gasteiger partial charge in [-0.3, -0.25) is 4.79 Å². The summed E-state index contributed by atoms with van der Waals surface area (Å²) in [6.45, 7) is 0. The number of thiophene rings is 1. The van der Waals surface area contributed by atoms with Gasteiger partial charge >= 0.3 is 5.97 Å². The summed E-state index contributed by atoms with van der Waals surface area (Å²) in [5.41, 5.74) is 0.820. The van der Waals surface area contributed by atoms with Crippen LogP contribution >= 0.6 is 11.3 Å². The van der Waals surface area contributed by atoms with E-state index in [0.717, 1.165) is 29.7 Å². The minimum Gasteiger partial charge on any atom is -0.428 e. The highest BCUT2D eigenvalue weighted by molar-refractivity contribution is 7.10. The van der Waals surface area contributed by atoms with E-state index < -0.39 is 5.79 Å². The third-order valence-corrected chi connectivity index (χ3v) is 4.30. The predicted molar refractivity (Wildman–Crippen MR) is 55.4 cm³/mol. The van der Waals surface area contributed by atoms with Crippen molar-refractivity contribution in [1.82, 2.24) is 0 Å². The van der Waals surface area contributed by atoms with Crippen molar-refractivity contribution in [1.29, 1.82) is 0 Å². The fourth-order valence-corrected chi connectivity index (χ4v) is 3.54. The van der Waals surface area contributed by atoms with Gasteiger partial charge in [0.2, 0.25) is 5.79 Å². The van der Waals surface area contributed by atoms with Crippen LogP contribution in [0.5, 0.6) is 0 Å². The maximum absolute atomic E-state index is 11.3. The van der Waals surface area contributed by atoms with E-state index in [2.05, 4.69) is 0 Å². The number of hydrogen-bond acceptors (Lipinski definition) is 4. The summed E-state index contributed by atoms with van der Waals surface area (Å²) in [5, 5.41) is 12.4. The first kappa shape index (κ1) is 9.36. The molecule has 2 atom stereocenters. The van der Waals surface area contributed by atoms with Crippen molar-refractivity contribution >= 4 is 17.3 Å². The van der Waals surface area contributed by atoms with Gasteiger partial charge in [0.15, 0.2) is 0 Å². The summed E-state index contributed by atoms with van der Waals surface area (Å²) < 4.78 is 5.14. The van der Waals surface area contributed by atoms with Crippen molar-refractivity contribution < 1.29 is 14.6 Å². The van der Waals surface area contributed by atoms with Crippen molar-refractivity contribution in [3.8, 4) is 0 Å². The number of ether oxygens (including phenoxy) is 1. The van der Waals surface area contributed by atoms with Crippen LogP contribution in [0.1, 0.15) is 29.7 Å². The van der Waals surface area contributed by atoms with E-state index in [9.17, 15) is 9.90 Å². The Bertz CT molecular complexity index is 412. The van der Waals surface area contributed by atoms with Crippen LogP contribution in [0.2, 0.25) is 0 Å². The van der Waals surface area contributed by atoms with Crippen LogP contribution in [-0.4, -0.2) is 11.1 Å². The normalized spacial score (nSPS) is 34.2. The Balaban J connectivity index is 2.12. The summed E-state index contributed by atoms with van der Waals surface area (Å²) in [5.74, 6) is -1.66. The van der Waals surface area contributed by atoms with Crippen LogP contribution in [0.25, 0.3) is 0 Å². The lowest BCUT2D eigenvalue weighted by molar-refractivity contribution is -0.208. The van der Waals surface area contributed by atoms with Crippen molar-refractivity contribution in [3.05, 3.63) is 21.9 Å². The first-order valence-electron chi connectivity index (χ1n) is 5.21. The molecule has 0 amide bonds. The van der Waals surface area contributed by atoms with E-state index in [-0.39, 0.29) is 11.9 Å². The van der Waals surface area contributed by atoms with Gasteiger partial charge in [-0.2, -0.15) is 0 Å². The highest BCUT2D eigenvalue weighted by Crippen LogP contribution is 2.46. The summed E-state index contributed by atoms with van der Waals surface area (Å²) in [4.78, 5) is 12.4. The smallest absolute Gasteiger partial charge is 0.309 e. The molecule has 0 spiro atoms. The topological polar surface area (TPSA) is 46.5 Å². The minimum absolute atomic E-state index is 0.0548. The monoisotopic (exact) mass is 224 g/mol. The lowest BCUT2D eigenvalue weighted by Crippen LogP contribution is -2.31. The number of aliphatic hydroxyl groups is 1. The fraction of sp³-hybridized carbons (Fsp3) is 0.545. The van der Waals surface area contributed by atoms with Gasteiger partial charge in [-0.1, -0.05) is 0 Å². The highest BCUT2D eigenvalue weighted by Gasteiger charge is 2.51. The number of rotatable bonds is 0. The molecular formula is C11H12O3S. The molecule has 4 heteroatoms. The zero-order valence-corrected chi connectivity index (χ0v) is 9.05. The second kappa shape index (κ2) is 3.06. The van der Waals surface area contributed by atoms with E-state index >= 15 is 0 Å². The molecule has 1 aromatic rings. The van der Waals surface area contributed by atoms with Crippen LogP contribution in [0.3, 0.4) is 0 Å². The first-order valence-corrected chi connectivity index (χ1v) is 6.09. The van der Waals surface area contributed by atoms with Gasteiger partial charge in [-0.05, 0) is 30.7 Å². The van der Waals surface area contributed by atoms with Gasteiger partial charge in [-0.25, -0.2) is 0 Å². The standard InChI is InChI=1S/C11H12O3S/c12-10-6-7-2-1-3-9-8(4-5-15-9)11(7,13)14-10/h4-5,7,13H,1-3,6H2. The molecule has 0 radical (unpaired) electrons. The second-order valence-electron chi connectivity index (χ2n) is 4.22. The number of esters is 1. The Morgan fingerprint density at radius 2 is 2.47 bits per heavy atom. The predicted octanol–water partition coefficient (Wildman–Crippen LogP) is 1.79. The maximum Gasteiger partial charge on any atom is 0.309 e. The fourth-order valence-electron chi connectivity index (χ4n) is 2.57. The van der Waals surface area contributed by atoms with Gasteiger partial charge < -0.3 is 9.84 Å². The number of fused-ring (bicyclic) bond motifs is 3. The van der Waals surface area contributed by atoms with Crippen LogP contribution in [-0.2, 0) is 21.7 Å². The average molecular weight is 224 g/mol. The van der Waals surface area contributed by atoms with Gasteiger partial charge in [0.05, 0.1) is 6.42 Å². The molecule has 2 heterocycles. The van der Waals surface area contributed by atoms with Crippen molar-refractivity contribution in [2.24, 2.45) is 5.92 Å². The molecule has 0 bridgehead atoms. The van der Waals surface area contributed by atoms with Crippen LogP contribution in [0.4, 0.5) is 0 Å². The Hall–Kier alpha value is -0.870. The van der Waals surface area contributed by atoms with E-state index in [1.807, 2.05) is 11.4 Å². The summed E-state index contributed by atoms with van der Waals surface area (Å²) in [7, 11) is 0. The number of carbonyl (C=O) groups is 1. The van der Waals surface area contributed by atoms with Crippen LogP contribution < -0.4 is 0 Å². The highest BCUT2D eigenvalue weighted by atomic mass is 32.1. The molecule has 0 saturated carbocycles. The molecule has 2 unspecified atom stereocenters. The quantitative estimate of drug-likeness (QED) is 0.683. The van der Waals surface area contributed by atoms with Crippen molar-refractivity contribution in [3.63, 3.8) is 0 Å². The molecule has 2 aliphatic rings. The van der Waals surface area contributed by atoms with Crippen molar-refractivity contribution in [2.75, 3.05) is 0 Å². The largest absolute Gasteiger partial charge is 0.428 e. The van der Waals surface area contributed by atoms with Gasteiger partial charge in [0.1, 0.15) is 0 Å². The number of aryl methyl sites for hydroxylation is 1. The molecule has 0 aromatic carbocycles. The second-order valence-corrected chi connectivity index (χ2v) is 5.22. The molecule has 1 aliphatic heterocycles. The first-order chi connectivity index (χ1) is 7.20. The van der Waals surface area contributed by atoms with E-state index in [1.165, 1.54) is 0 Å². The van der Waals surface area contributed by atoms with Crippen LogP contribution in [0, 0.1) is 5.92 Å². The maximum atomic E-state index is 11.3. The average Bonchev–Trinajstić information content (AvgIpc) is 2.71. The Morgan fingerprint density at radius 3 is 3.33 bits per heavy atom. The Kier molecular flexibility index (Phi) is 1.91. The molecule has 1 saturated heterocycles. The van der Waals surface area contributed by atoms with Crippen molar-refractivity contribution in [2.45, 2.75) is 31.5 Å². The molecule has 80 valence electrons. The molecule has 1 N–H and O–H groups in total. The third-order valence-electron chi connectivity index (χ3n) is 3.32. The van der Waals surface area contributed by atoms with Gasteiger partial charge in [-0.15, -0.1) is 11.3 Å². The number of carbonyl (C=O) groups excluding carboxylic acids is 1. The zero-order valence-electron chi connectivity index (χ0n) is 8.23. The van der Waals surface area contributed by atoms with E-state index in [0.29, 0.717) is 6.42 Å². The van der Waals surface area contributed by atoms with Crippen LogP contribution in [0.15, 0.2) is 11.4 Å². The van der Waals surface area contributed by atoms with E-state index in [1.54, 1.807) is 11.3 Å². The molecule has 15 heavy (non-hydrogen) atoms. The zero-order chi connectivity index (χ0) is 10.5. The molecule has 3 nitrogen and oxygen atoms in total. The third kappa shape index (κ3) is 1.25. The molecule has 1 fully saturated rings. The van der Waals surface area contributed by atoms with E-state index in [4.69, 9.17) is 4.74 Å². The van der Waals surface area contributed by atoms with Gasteiger partial charge in [0, 0.05) is 16.4 Å². The Morgan fingerprint density at radius 1 is 1.60 bits per heavy atom. The molecule has 1 aromatic heterocycles. The molecular weight excluding hydrogens is 212 g/mol. The lowest BCUT2D eigenvalue weighted by Gasteiger charge is -2.25. The summed E-state index contributed by atoms with van der Waals surface area (Å²) in [6.07, 6.45) is 3.23. The number of hydrogen-bond donors (Lipinski definition) is 1. The minimum atomic E-state index is -1.33. The summed E-state index contributed by atoms with van der Waals surface area (Å²) in [6, 6.07) is 1.89. The molecule has 3 rings (SSSR count). The van der Waals surface area contributed by atoms with Gasteiger partial charge in [0.25, 0.3) is 0 Å². The SMILES string of the molecule is O=C1CC2CCCc3sccc3C2(O)O1. The molecule has 1 aliphatic carbocycles. The Labute approximate surface area is 91.7 Å². The lowest BCUT2D eigenvalue weighted by atomic mass is 9.91. The summed E-state index contributed by atoms with van der Waals surface area (Å²) >= 11 is 1.64.